The van der Waals surface area contributed by atoms with E-state index < -0.39 is 5.97 Å². The van der Waals surface area contributed by atoms with Crippen LogP contribution >= 0.6 is 24.2 Å². The summed E-state index contributed by atoms with van der Waals surface area (Å²) in [4.78, 5) is 11.8. The molecule has 78 valence electrons. The highest BCUT2D eigenvalue weighted by Crippen LogP contribution is 2.24. The zero-order valence-electron chi connectivity index (χ0n) is 7.95. The van der Waals surface area contributed by atoms with Crippen LogP contribution in [0.4, 0.5) is 0 Å². The fourth-order valence-electron chi connectivity index (χ4n) is 1.16. The molecule has 0 N–H and O–H groups in total. The van der Waals surface area contributed by atoms with E-state index in [1.54, 1.807) is 0 Å². The molecule has 1 aromatic carbocycles. The van der Waals surface area contributed by atoms with Gasteiger partial charge in [0.1, 0.15) is 6.07 Å². The summed E-state index contributed by atoms with van der Waals surface area (Å²) in [5.41, 5.74) is 1.25. The van der Waals surface area contributed by atoms with E-state index in [2.05, 4.69) is 17.4 Å². The first-order chi connectivity index (χ1) is 7.15. The second kappa shape index (κ2) is 5.06. The van der Waals surface area contributed by atoms with Crippen LogP contribution in [0.3, 0.4) is 0 Å². The molecule has 1 rings (SSSR count). The molecule has 0 radical (unpaired) electrons. The Bertz CT molecular complexity index is 440. The predicted molar refractivity (Wildman–Crippen MR) is 59.3 cm³/mol. The summed E-state index contributed by atoms with van der Waals surface area (Å²) in [6.45, 7) is 0. The second-order valence-corrected chi connectivity index (χ2v) is 3.44. The molecule has 0 aliphatic carbocycles. The third kappa shape index (κ3) is 2.25. The zero-order valence-corrected chi connectivity index (χ0v) is 9.60. The molecule has 0 amide bonds. The van der Waals surface area contributed by atoms with Gasteiger partial charge in [-0.1, -0.05) is 0 Å². The third-order valence-corrected chi connectivity index (χ3v) is 2.72. The molecular weight excluding hydrogens is 234 g/mol. The normalized spacial score (nSPS) is 9.47. The van der Waals surface area contributed by atoms with Crippen LogP contribution in [0.25, 0.3) is 0 Å². The maximum atomic E-state index is 11.3. The van der Waals surface area contributed by atoms with Gasteiger partial charge in [-0.05, 0) is 17.7 Å². The molecule has 0 spiro atoms. The maximum absolute atomic E-state index is 11.3. The minimum atomic E-state index is -0.481. The minimum Gasteiger partial charge on any atom is -0.465 e. The molecule has 0 aromatic heterocycles. The Morgan fingerprint density at radius 1 is 1.67 bits per heavy atom. The molecular formula is C10H8ClNO2S. The van der Waals surface area contributed by atoms with Crippen LogP contribution in [-0.2, 0) is 10.6 Å². The lowest BCUT2D eigenvalue weighted by atomic mass is 10.1. The van der Waals surface area contributed by atoms with Crippen molar-refractivity contribution in [2.45, 2.75) is 10.8 Å². The van der Waals surface area contributed by atoms with Crippen molar-refractivity contribution in [3.05, 3.63) is 28.8 Å². The number of alkyl halides is 1. The lowest BCUT2D eigenvalue weighted by molar-refractivity contribution is 0.0599. The van der Waals surface area contributed by atoms with Crippen molar-refractivity contribution in [1.29, 1.82) is 5.26 Å². The standard InChI is InChI=1S/C10H8ClNO2S/c1-14-10(13)7-3-2-6(5-12)9(15)8(7)4-11/h2-3,15H,4H2,1H3. The van der Waals surface area contributed by atoms with E-state index in [1.807, 2.05) is 6.07 Å². The van der Waals surface area contributed by atoms with Gasteiger partial charge >= 0.3 is 5.97 Å². The van der Waals surface area contributed by atoms with Crippen LogP contribution in [0, 0.1) is 11.3 Å². The van der Waals surface area contributed by atoms with E-state index in [1.165, 1.54) is 19.2 Å². The molecule has 0 fully saturated rings. The molecule has 0 aliphatic rings. The predicted octanol–water partition coefficient (Wildman–Crippen LogP) is 2.37. The molecule has 1 aromatic rings. The van der Waals surface area contributed by atoms with Gasteiger partial charge in [0.05, 0.1) is 18.2 Å². The Kier molecular flexibility index (Phi) is 4.01. The first-order valence-corrected chi connectivity index (χ1v) is 5.03. The Morgan fingerprint density at radius 3 is 2.80 bits per heavy atom. The summed E-state index contributed by atoms with van der Waals surface area (Å²) >= 11 is 9.86. The Hall–Kier alpha value is -1.18. The average molecular weight is 242 g/mol. The number of halogens is 1. The molecule has 15 heavy (non-hydrogen) atoms. The lowest BCUT2D eigenvalue weighted by Crippen LogP contribution is -2.06. The Morgan fingerprint density at radius 2 is 2.33 bits per heavy atom. The summed E-state index contributed by atoms with van der Waals surface area (Å²) in [6.07, 6.45) is 0. The van der Waals surface area contributed by atoms with Gasteiger partial charge in [-0.25, -0.2) is 4.79 Å². The number of carbonyl (C=O) groups excluding carboxylic acids is 1. The van der Waals surface area contributed by atoms with Crippen LogP contribution in [-0.4, -0.2) is 13.1 Å². The number of nitriles is 1. The molecule has 0 saturated heterocycles. The Labute approximate surface area is 98.0 Å². The van der Waals surface area contributed by atoms with Gasteiger partial charge in [0.2, 0.25) is 0 Å². The van der Waals surface area contributed by atoms with Crippen molar-refractivity contribution < 1.29 is 9.53 Å². The first kappa shape index (κ1) is 11.9. The van der Waals surface area contributed by atoms with Gasteiger partial charge in [-0.15, -0.1) is 24.2 Å². The van der Waals surface area contributed by atoms with Crippen molar-refractivity contribution in [2.24, 2.45) is 0 Å². The molecule has 0 unspecified atom stereocenters. The van der Waals surface area contributed by atoms with Gasteiger partial charge in [0, 0.05) is 10.8 Å². The number of benzene rings is 1. The van der Waals surface area contributed by atoms with Crippen molar-refractivity contribution in [1.82, 2.24) is 0 Å². The van der Waals surface area contributed by atoms with E-state index in [9.17, 15) is 4.79 Å². The molecule has 3 nitrogen and oxygen atoms in total. The van der Waals surface area contributed by atoms with Crippen LogP contribution in [0.5, 0.6) is 0 Å². The number of esters is 1. The summed E-state index contributed by atoms with van der Waals surface area (Å²) in [5, 5.41) is 8.77. The van der Waals surface area contributed by atoms with Crippen LogP contribution < -0.4 is 0 Å². The molecule has 5 heteroatoms. The number of carbonyl (C=O) groups is 1. The first-order valence-electron chi connectivity index (χ1n) is 4.05. The summed E-state index contributed by atoms with van der Waals surface area (Å²) < 4.78 is 4.59. The number of hydrogen-bond donors (Lipinski definition) is 1. The average Bonchev–Trinajstić information content (AvgIpc) is 2.27. The van der Waals surface area contributed by atoms with Crippen molar-refractivity contribution in [3.63, 3.8) is 0 Å². The number of thiol groups is 1. The molecule has 0 atom stereocenters. The van der Waals surface area contributed by atoms with E-state index >= 15 is 0 Å². The molecule has 0 bridgehead atoms. The molecule has 0 heterocycles. The minimum absolute atomic E-state index is 0.110. The number of hydrogen-bond acceptors (Lipinski definition) is 4. The highest BCUT2D eigenvalue weighted by atomic mass is 35.5. The van der Waals surface area contributed by atoms with Crippen molar-refractivity contribution in [3.8, 4) is 6.07 Å². The van der Waals surface area contributed by atoms with Gasteiger partial charge in [0.15, 0.2) is 0 Å². The number of methoxy groups -OCH3 is 1. The highest BCUT2D eigenvalue weighted by molar-refractivity contribution is 7.80. The Balaban J connectivity index is 3.39. The fraction of sp³-hybridized carbons (Fsp3) is 0.200. The lowest BCUT2D eigenvalue weighted by Gasteiger charge is -2.08. The van der Waals surface area contributed by atoms with E-state index in [4.69, 9.17) is 16.9 Å². The topological polar surface area (TPSA) is 50.1 Å². The second-order valence-electron chi connectivity index (χ2n) is 2.72. The quantitative estimate of drug-likeness (QED) is 0.491. The van der Waals surface area contributed by atoms with Crippen LogP contribution in [0.2, 0.25) is 0 Å². The van der Waals surface area contributed by atoms with Gasteiger partial charge in [0.25, 0.3) is 0 Å². The van der Waals surface area contributed by atoms with E-state index in [0.29, 0.717) is 21.6 Å². The zero-order chi connectivity index (χ0) is 11.4. The van der Waals surface area contributed by atoms with E-state index in [0.717, 1.165) is 0 Å². The fourth-order valence-corrected chi connectivity index (χ4v) is 1.86. The van der Waals surface area contributed by atoms with Crippen molar-refractivity contribution in [2.75, 3.05) is 7.11 Å². The third-order valence-electron chi connectivity index (χ3n) is 1.94. The van der Waals surface area contributed by atoms with Crippen LogP contribution in [0.1, 0.15) is 21.5 Å². The maximum Gasteiger partial charge on any atom is 0.338 e. The summed E-state index contributed by atoms with van der Waals surface area (Å²) in [6, 6.07) is 5.00. The molecule has 0 aliphatic heterocycles. The summed E-state index contributed by atoms with van der Waals surface area (Å²) in [5.74, 6) is -0.371. The number of rotatable bonds is 2. The van der Waals surface area contributed by atoms with Gasteiger partial charge in [-0.2, -0.15) is 5.26 Å². The smallest absolute Gasteiger partial charge is 0.338 e. The monoisotopic (exact) mass is 241 g/mol. The number of nitrogens with zero attached hydrogens (tertiary/aromatic N) is 1. The van der Waals surface area contributed by atoms with Crippen molar-refractivity contribution >= 4 is 30.2 Å². The highest BCUT2D eigenvalue weighted by Gasteiger charge is 2.15. The van der Waals surface area contributed by atoms with Gasteiger partial charge < -0.3 is 4.74 Å². The largest absolute Gasteiger partial charge is 0.465 e. The SMILES string of the molecule is COC(=O)c1ccc(C#N)c(S)c1CCl. The van der Waals surface area contributed by atoms with E-state index in [-0.39, 0.29) is 5.88 Å². The molecule has 0 saturated carbocycles. The summed E-state index contributed by atoms with van der Waals surface area (Å²) in [7, 11) is 1.29. The van der Waals surface area contributed by atoms with Crippen LogP contribution in [0.15, 0.2) is 17.0 Å². The number of ether oxygens (including phenoxy) is 1. The van der Waals surface area contributed by atoms with Gasteiger partial charge in [-0.3, -0.25) is 0 Å².